The van der Waals surface area contributed by atoms with Gasteiger partial charge in [0.25, 0.3) is 0 Å². The van der Waals surface area contributed by atoms with Gasteiger partial charge in [0.15, 0.2) is 0 Å². The highest BCUT2D eigenvalue weighted by Gasteiger charge is 2.26. The van der Waals surface area contributed by atoms with Crippen molar-refractivity contribution in [3.05, 3.63) is 168 Å². The van der Waals surface area contributed by atoms with Crippen LogP contribution in [0.4, 0.5) is 0 Å². The van der Waals surface area contributed by atoms with Gasteiger partial charge in [0.2, 0.25) is 0 Å². The van der Waals surface area contributed by atoms with Crippen LogP contribution in [0.25, 0.3) is 72.7 Å². The molecule has 0 atom stereocenters. The predicted molar refractivity (Wildman–Crippen MR) is 248 cm³/mol. The van der Waals surface area contributed by atoms with E-state index in [1.165, 1.54) is 5.56 Å². The molecular weight excluding hydrogens is 719 g/mol. The number of aromatic nitrogens is 3. The first kappa shape index (κ1) is 33.7. The van der Waals surface area contributed by atoms with E-state index < -0.39 is 6.04 Å². The van der Waals surface area contributed by atoms with Crippen molar-refractivity contribution >= 4 is 11.0 Å². The van der Waals surface area contributed by atoms with Crippen molar-refractivity contribution in [2.75, 3.05) is 0 Å². The fraction of sp³-hybridized carbons (Fsp3) is 0.236. The maximum absolute atomic E-state index is 12.0. The van der Waals surface area contributed by atoms with Gasteiger partial charge in [-0.3, -0.25) is 9.55 Å². The molecule has 8 aromatic rings. The number of fused-ring (bicyclic) bond motifs is 1. The first-order valence-corrected chi connectivity index (χ1v) is 20.5. The highest BCUT2D eigenvalue weighted by molar-refractivity contribution is 5.98. The van der Waals surface area contributed by atoms with E-state index in [4.69, 9.17) is 16.8 Å². The van der Waals surface area contributed by atoms with Crippen LogP contribution in [-0.2, 0) is 17.3 Å². The van der Waals surface area contributed by atoms with Crippen molar-refractivity contribution in [3.63, 3.8) is 0 Å². The summed E-state index contributed by atoms with van der Waals surface area (Å²) < 4.78 is 44.3. The molecule has 0 aliphatic heterocycles. The Balaban J connectivity index is 1.42. The Morgan fingerprint density at radius 1 is 0.644 bits per heavy atom. The molecule has 59 heavy (non-hydrogen) atoms. The number of imidazole rings is 1. The minimum atomic E-state index is -0.429. The summed E-state index contributed by atoms with van der Waals surface area (Å²) in [4.78, 5) is 10.3. The summed E-state index contributed by atoms with van der Waals surface area (Å²) in [6.45, 7) is 19.5. The molecule has 0 saturated heterocycles. The van der Waals surface area contributed by atoms with Crippen LogP contribution in [-0.4, -0.2) is 19.6 Å². The molecule has 0 bridgehead atoms. The second-order valence-electron chi connectivity index (χ2n) is 18.2. The molecular formula is C55H55N3O. The minimum absolute atomic E-state index is 0.130. The summed E-state index contributed by atoms with van der Waals surface area (Å²) in [6, 6.07) is 35.7. The van der Waals surface area contributed by atoms with Gasteiger partial charge in [-0.05, 0) is 123 Å². The number of aromatic hydroxyl groups is 1. The third kappa shape index (κ3) is 7.97. The van der Waals surface area contributed by atoms with Gasteiger partial charge in [-0.1, -0.05) is 146 Å². The quantitative estimate of drug-likeness (QED) is 0.167. The Hall–Kier alpha value is -6.26. The SMILES string of the molecule is [2H]c1c([2H])c([2H])c(-c2ccnc(-c3cc(-c4cccc5c4nc(-c4cc(C(C)(C)C)cc(C)c4O)n5-c4ccc(CC(C)C)cc4-c4ccccc4)cc(C(C)(C)C)c3)c2)c([2H])c1[2H]. The van der Waals surface area contributed by atoms with Crippen LogP contribution in [0, 0.1) is 12.8 Å². The fourth-order valence-corrected chi connectivity index (χ4v) is 7.87. The summed E-state index contributed by atoms with van der Waals surface area (Å²) in [5, 5.41) is 12.0. The smallest absolute Gasteiger partial charge is 0.149 e. The zero-order valence-corrected chi connectivity index (χ0v) is 35.5. The van der Waals surface area contributed by atoms with Crippen molar-refractivity contribution in [1.29, 1.82) is 0 Å². The van der Waals surface area contributed by atoms with Gasteiger partial charge in [0.05, 0.1) is 34.8 Å². The van der Waals surface area contributed by atoms with Crippen molar-refractivity contribution in [3.8, 4) is 67.5 Å². The molecule has 296 valence electrons. The molecule has 0 amide bonds. The average Bonchev–Trinajstić information content (AvgIpc) is 3.64. The lowest BCUT2D eigenvalue weighted by Gasteiger charge is -2.22. The largest absolute Gasteiger partial charge is 0.507 e. The molecule has 0 radical (unpaired) electrons. The number of aryl methyl sites for hydroxylation is 1. The van der Waals surface area contributed by atoms with Crippen LogP contribution in [0.1, 0.15) is 84.5 Å². The lowest BCUT2D eigenvalue weighted by molar-refractivity contribution is 0.471. The number of para-hydroxylation sites is 1. The number of pyridine rings is 1. The molecule has 6 aromatic carbocycles. The maximum Gasteiger partial charge on any atom is 0.149 e. The van der Waals surface area contributed by atoms with Gasteiger partial charge in [-0.2, -0.15) is 0 Å². The molecule has 0 saturated carbocycles. The van der Waals surface area contributed by atoms with Crippen molar-refractivity contribution < 1.29 is 12.0 Å². The molecule has 2 aromatic heterocycles. The van der Waals surface area contributed by atoms with Crippen LogP contribution < -0.4 is 0 Å². The lowest BCUT2D eigenvalue weighted by atomic mass is 9.83. The maximum atomic E-state index is 12.0. The first-order valence-electron chi connectivity index (χ1n) is 23.0. The number of nitrogens with zero attached hydrogens (tertiary/aromatic N) is 3. The van der Waals surface area contributed by atoms with Crippen LogP contribution in [0.3, 0.4) is 0 Å². The van der Waals surface area contributed by atoms with E-state index >= 15 is 0 Å². The zero-order chi connectivity index (χ0) is 46.0. The van der Waals surface area contributed by atoms with E-state index in [9.17, 15) is 5.11 Å². The van der Waals surface area contributed by atoms with Crippen LogP contribution in [0.5, 0.6) is 5.75 Å². The highest BCUT2D eigenvalue weighted by Crippen LogP contribution is 2.44. The molecule has 4 heteroatoms. The molecule has 0 fully saturated rings. The molecule has 0 aliphatic carbocycles. The van der Waals surface area contributed by atoms with Crippen molar-refractivity contribution in [1.82, 2.24) is 14.5 Å². The fourth-order valence-electron chi connectivity index (χ4n) is 7.87. The van der Waals surface area contributed by atoms with Gasteiger partial charge < -0.3 is 5.11 Å². The van der Waals surface area contributed by atoms with E-state index in [2.05, 4.69) is 151 Å². The Morgan fingerprint density at radius 2 is 1.36 bits per heavy atom. The lowest BCUT2D eigenvalue weighted by Crippen LogP contribution is -2.12. The number of hydrogen-bond acceptors (Lipinski definition) is 3. The third-order valence-electron chi connectivity index (χ3n) is 11.1. The Labute approximate surface area is 357 Å². The Bertz CT molecular complexity index is 3070. The van der Waals surface area contributed by atoms with E-state index in [-0.39, 0.29) is 46.3 Å². The standard InChI is InChI=1S/C55H55N3O/c1-35(2)27-37-23-24-49(46(29-37)39-19-14-11-15-20-39)58-50-22-16-21-45(51(50)57-53(58)47-34-43(54(4,5)6)28-36(3)52(47)59)41-30-42(32-44(31-41)55(7,8)9)48-33-40(25-26-56-48)38-17-12-10-13-18-38/h10-26,28-35,59H,27H2,1-9H3/i10D,12D,13D,17D,18D. The van der Waals surface area contributed by atoms with Gasteiger partial charge >= 0.3 is 0 Å². The number of phenolic OH excluding ortho intramolecular Hbond substituents is 1. The number of benzene rings is 6. The molecule has 2 heterocycles. The van der Waals surface area contributed by atoms with Gasteiger partial charge in [-0.15, -0.1) is 0 Å². The summed E-state index contributed by atoms with van der Waals surface area (Å²) in [5.41, 5.74) is 12.9. The van der Waals surface area contributed by atoms with Crippen LogP contribution in [0.15, 0.2) is 146 Å². The monoisotopic (exact) mass is 778 g/mol. The minimum Gasteiger partial charge on any atom is -0.507 e. The van der Waals surface area contributed by atoms with Gasteiger partial charge in [-0.25, -0.2) is 4.98 Å². The molecule has 8 rings (SSSR count). The van der Waals surface area contributed by atoms with Gasteiger partial charge in [0, 0.05) is 22.9 Å². The summed E-state index contributed by atoms with van der Waals surface area (Å²) in [6.07, 6.45) is 2.56. The summed E-state index contributed by atoms with van der Waals surface area (Å²) in [7, 11) is 0. The van der Waals surface area contributed by atoms with Crippen LogP contribution >= 0.6 is 0 Å². The molecule has 0 aliphatic rings. The van der Waals surface area contributed by atoms with Gasteiger partial charge in [0.1, 0.15) is 11.6 Å². The predicted octanol–water partition coefficient (Wildman–Crippen LogP) is 14.6. The Morgan fingerprint density at radius 3 is 2.07 bits per heavy atom. The Kier molecular flexibility index (Phi) is 8.84. The number of phenols is 1. The molecule has 0 unspecified atom stereocenters. The third-order valence-corrected chi connectivity index (χ3v) is 11.1. The average molecular weight is 779 g/mol. The number of hydrogen-bond donors (Lipinski definition) is 1. The number of rotatable bonds is 8. The van der Waals surface area contributed by atoms with E-state index in [0.717, 1.165) is 67.6 Å². The highest BCUT2D eigenvalue weighted by atomic mass is 16.3. The summed E-state index contributed by atoms with van der Waals surface area (Å²) >= 11 is 0. The first-order chi connectivity index (χ1) is 30.2. The summed E-state index contributed by atoms with van der Waals surface area (Å²) in [5.74, 6) is 1.29. The molecule has 1 N–H and O–H groups in total. The van der Waals surface area contributed by atoms with E-state index in [1.54, 1.807) is 18.3 Å². The topological polar surface area (TPSA) is 50.9 Å². The zero-order valence-electron chi connectivity index (χ0n) is 40.5. The molecule has 4 nitrogen and oxygen atoms in total. The normalized spacial score (nSPS) is 13.3. The van der Waals surface area contributed by atoms with Crippen molar-refractivity contribution in [2.24, 2.45) is 5.92 Å². The van der Waals surface area contributed by atoms with Crippen molar-refractivity contribution in [2.45, 2.75) is 79.6 Å². The van der Waals surface area contributed by atoms with E-state index in [0.29, 0.717) is 28.6 Å². The second-order valence-corrected chi connectivity index (χ2v) is 18.2. The molecule has 0 spiro atoms. The van der Waals surface area contributed by atoms with Crippen LogP contribution in [0.2, 0.25) is 0 Å². The van der Waals surface area contributed by atoms with E-state index in [1.807, 2.05) is 13.0 Å². The second kappa shape index (κ2) is 15.5.